The highest BCUT2D eigenvalue weighted by molar-refractivity contribution is 7.09. The summed E-state index contributed by atoms with van der Waals surface area (Å²) in [5.41, 5.74) is 27.6. The van der Waals surface area contributed by atoms with E-state index in [4.69, 9.17) is 0 Å². The van der Waals surface area contributed by atoms with Crippen molar-refractivity contribution in [1.29, 1.82) is 0 Å². The number of benzene rings is 18. The molecule has 18 aromatic carbocycles. The fraction of sp³-hybridized carbons (Fsp3) is 0.0459. The van der Waals surface area contributed by atoms with E-state index in [1.165, 1.54) is 192 Å². The minimum Gasteiger partial charge on any atom is -0.152 e. The number of hydrogen-bond acceptors (Lipinski definition) is 2. The fourth-order valence-corrected chi connectivity index (χ4v) is 16.1. The van der Waals surface area contributed by atoms with Crippen LogP contribution in [0.1, 0.15) is 27.1 Å². The van der Waals surface area contributed by atoms with Gasteiger partial charge in [0, 0.05) is 4.88 Å². The Balaban J connectivity index is 0.000000117. The molecule has 0 fully saturated rings. The summed E-state index contributed by atoms with van der Waals surface area (Å²) in [6, 6.07) is 145. The molecule has 532 valence electrons. The molecule has 20 rings (SSSR count). The van der Waals surface area contributed by atoms with Crippen molar-refractivity contribution < 1.29 is 0 Å². The van der Waals surface area contributed by atoms with Crippen molar-refractivity contribution in [3.05, 3.63) is 444 Å². The second kappa shape index (κ2) is 33.6. The number of fused-ring (bicyclic) bond motifs is 6. The van der Waals surface area contributed by atoms with Crippen LogP contribution in [0.5, 0.6) is 0 Å². The van der Waals surface area contributed by atoms with Crippen LogP contribution in [0.2, 0.25) is 0 Å². The number of hydrogen-bond donors (Lipinski definition) is 0. The Hall–Kier alpha value is -13.1. The average Bonchev–Trinajstić information content (AvgIpc) is 1.04. The lowest BCUT2D eigenvalue weighted by Crippen LogP contribution is -1.88. The van der Waals surface area contributed by atoms with E-state index >= 15 is 0 Å². The molecule has 0 spiro atoms. The molecule has 0 amide bonds. The van der Waals surface area contributed by atoms with Gasteiger partial charge in [-0.3, -0.25) is 0 Å². The first kappa shape index (κ1) is 72.1. The smallest absolute Gasteiger partial charge is 0.00141 e. The summed E-state index contributed by atoms with van der Waals surface area (Å²) in [4.78, 5) is 1.38. The molecule has 0 unspecified atom stereocenters. The van der Waals surface area contributed by atoms with Crippen molar-refractivity contribution in [2.45, 2.75) is 34.6 Å². The van der Waals surface area contributed by atoms with E-state index in [-0.39, 0.29) is 0 Å². The number of rotatable bonds is 9. The highest BCUT2D eigenvalue weighted by atomic mass is 32.1. The van der Waals surface area contributed by atoms with Gasteiger partial charge in [0.25, 0.3) is 0 Å². The lowest BCUT2D eigenvalue weighted by molar-refractivity contribution is 1.46. The number of thiophene rings is 2. The van der Waals surface area contributed by atoms with Gasteiger partial charge in [-0.05, 0) is 312 Å². The highest BCUT2D eigenvalue weighted by Gasteiger charge is 2.15. The van der Waals surface area contributed by atoms with Crippen LogP contribution in [-0.2, 0) is 0 Å². The van der Waals surface area contributed by atoms with Crippen molar-refractivity contribution in [3.8, 4) is 100 Å². The van der Waals surface area contributed by atoms with Gasteiger partial charge in [-0.15, -0.1) is 11.3 Å². The maximum absolute atomic E-state index is 2.35. The summed E-state index contributed by atoms with van der Waals surface area (Å²) in [6.45, 7) is 10.6. The Morgan fingerprint density at radius 3 is 0.784 bits per heavy atom. The quantitative estimate of drug-likeness (QED) is 0.135. The first-order valence-electron chi connectivity index (χ1n) is 38.1. The average molecular weight is 1460 g/mol. The van der Waals surface area contributed by atoms with E-state index in [2.05, 4.69) is 451 Å². The third-order valence-corrected chi connectivity index (χ3v) is 22.3. The zero-order valence-corrected chi connectivity index (χ0v) is 64.8. The SMILES string of the molecule is Cc1ccc(-c2cc(-c3ccc4ccccc4c3)cc(-c3ccc4ccccc4c3)c2)cc1.Cc1cccc(-c2cc(-c3ccc4ccccc4c3)cc(-c3ccc4ccccc4c3)c2)c1.Cc1cccc(-c2cc(-c3cccc4ccccc34)cc(-c3cccc4ccccc34)c2)c1.Cc1cccs1.Cc1ccsc1. The second-order valence-electron chi connectivity index (χ2n) is 28.8. The summed E-state index contributed by atoms with van der Waals surface area (Å²) >= 11 is 3.52. The van der Waals surface area contributed by atoms with Crippen LogP contribution in [0, 0.1) is 34.6 Å². The van der Waals surface area contributed by atoms with Crippen LogP contribution < -0.4 is 0 Å². The Morgan fingerprint density at radius 1 is 0.162 bits per heavy atom. The maximum Gasteiger partial charge on any atom is 0.00141 e. The van der Waals surface area contributed by atoms with Crippen LogP contribution in [0.25, 0.3) is 165 Å². The lowest BCUT2D eigenvalue weighted by Gasteiger charge is -2.14. The molecule has 0 nitrogen and oxygen atoms in total. The maximum atomic E-state index is 2.35. The Labute approximate surface area is 660 Å². The first-order valence-corrected chi connectivity index (χ1v) is 39.9. The van der Waals surface area contributed by atoms with Gasteiger partial charge in [0.15, 0.2) is 0 Å². The second-order valence-corrected chi connectivity index (χ2v) is 30.8. The van der Waals surface area contributed by atoms with Gasteiger partial charge in [-0.1, -0.05) is 326 Å². The van der Waals surface area contributed by atoms with Gasteiger partial charge < -0.3 is 0 Å². The van der Waals surface area contributed by atoms with Crippen molar-refractivity contribution in [2.24, 2.45) is 0 Å². The molecule has 0 saturated heterocycles. The Morgan fingerprint density at radius 2 is 0.468 bits per heavy atom. The van der Waals surface area contributed by atoms with Crippen LogP contribution in [-0.4, -0.2) is 0 Å². The standard InChI is InChI=1S/3C33H24.2C5H6S/c1-23-9-6-14-26(19-23)27-20-28(32-17-7-12-24-10-2-4-15-30(24)32)22-29(21-27)33-18-8-13-25-11-3-5-16-31(25)33;1-23-7-6-12-26(17-23)31-20-32(29-15-13-24-8-2-4-10-27(24)18-29)22-33(21-31)30-16-14-25-9-3-5-11-28(25)19-30;1-23-10-12-26(13-11-23)31-20-32(29-16-14-24-6-2-4-8-27(24)18-29)22-33(21-31)30-17-15-25-7-3-5-9-28(25)19-30;1-5-2-3-6-4-5;1-5-3-2-4-6-5/h3*2-22H,1H3;2*2-4H,1H3. The molecule has 0 aliphatic heterocycles. The third kappa shape index (κ3) is 17.3. The zero-order chi connectivity index (χ0) is 75.4. The van der Waals surface area contributed by atoms with Gasteiger partial charge in [-0.25, -0.2) is 0 Å². The molecule has 0 saturated carbocycles. The molecular weight excluding hydrogens is 1370 g/mol. The summed E-state index contributed by atoms with van der Waals surface area (Å²) in [5.74, 6) is 0. The largest absolute Gasteiger partial charge is 0.152 e. The monoisotopic (exact) mass is 1460 g/mol. The van der Waals surface area contributed by atoms with Gasteiger partial charge >= 0.3 is 0 Å². The molecule has 2 heterocycles. The van der Waals surface area contributed by atoms with E-state index < -0.39 is 0 Å². The summed E-state index contributed by atoms with van der Waals surface area (Å²) in [5, 5.41) is 21.5. The van der Waals surface area contributed by atoms with Gasteiger partial charge in [0.1, 0.15) is 0 Å². The summed E-state index contributed by atoms with van der Waals surface area (Å²) < 4.78 is 0. The first-order chi connectivity index (χ1) is 54.5. The molecular formula is C109H84S2. The molecule has 0 radical (unpaired) electrons. The predicted octanol–water partition coefficient (Wildman–Crippen LogP) is 32.0. The number of aryl methyl sites for hydroxylation is 5. The normalized spacial score (nSPS) is 10.9. The van der Waals surface area contributed by atoms with Crippen molar-refractivity contribution in [3.63, 3.8) is 0 Å². The molecule has 0 aliphatic carbocycles. The van der Waals surface area contributed by atoms with Crippen molar-refractivity contribution in [1.82, 2.24) is 0 Å². The van der Waals surface area contributed by atoms with Crippen LogP contribution in [0.15, 0.2) is 417 Å². The Bertz CT molecular complexity index is 6300. The van der Waals surface area contributed by atoms with E-state index in [1.54, 1.807) is 22.7 Å². The van der Waals surface area contributed by atoms with Gasteiger partial charge in [0.2, 0.25) is 0 Å². The minimum atomic E-state index is 1.24. The van der Waals surface area contributed by atoms with E-state index in [1.807, 2.05) is 0 Å². The van der Waals surface area contributed by atoms with Crippen LogP contribution >= 0.6 is 22.7 Å². The molecule has 2 heteroatoms. The summed E-state index contributed by atoms with van der Waals surface area (Å²) in [6.07, 6.45) is 0. The molecule has 20 aromatic rings. The predicted molar refractivity (Wildman–Crippen MR) is 486 cm³/mol. The molecule has 0 N–H and O–H groups in total. The molecule has 0 aliphatic rings. The molecule has 111 heavy (non-hydrogen) atoms. The zero-order valence-electron chi connectivity index (χ0n) is 63.2. The third-order valence-electron chi connectivity index (χ3n) is 20.7. The fourth-order valence-electron chi connectivity index (χ4n) is 14.9. The molecule has 0 atom stereocenters. The van der Waals surface area contributed by atoms with Crippen molar-refractivity contribution >= 4 is 87.3 Å². The van der Waals surface area contributed by atoms with Gasteiger partial charge in [-0.2, -0.15) is 11.3 Å². The lowest BCUT2D eigenvalue weighted by atomic mass is 9.89. The molecule has 0 bridgehead atoms. The van der Waals surface area contributed by atoms with E-state index in [9.17, 15) is 0 Å². The van der Waals surface area contributed by atoms with Crippen LogP contribution in [0.4, 0.5) is 0 Å². The van der Waals surface area contributed by atoms with E-state index in [0.717, 1.165) is 0 Å². The molecule has 2 aromatic heterocycles. The van der Waals surface area contributed by atoms with Crippen molar-refractivity contribution in [2.75, 3.05) is 0 Å². The van der Waals surface area contributed by atoms with Crippen LogP contribution in [0.3, 0.4) is 0 Å². The Kier molecular flexibility index (Phi) is 21.8. The van der Waals surface area contributed by atoms with Gasteiger partial charge in [0.05, 0.1) is 0 Å². The highest BCUT2D eigenvalue weighted by Crippen LogP contribution is 2.41. The minimum absolute atomic E-state index is 1.24. The van der Waals surface area contributed by atoms with E-state index in [0.29, 0.717) is 0 Å². The topological polar surface area (TPSA) is 0 Å². The summed E-state index contributed by atoms with van der Waals surface area (Å²) in [7, 11) is 0.